The first-order valence-corrected chi connectivity index (χ1v) is 6.71. The summed E-state index contributed by atoms with van der Waals surface area (Å²) in [6.45, 7) is 0. The lowest BCUT2D eigenvalue weighted by Crippen LogP contribution is -2.28. The lowest BCUT2D eigenvalue weighted by atomic mass is 10.0. The predicted octanol–water partition coefficient (Wildman–Crippen LogP) is 3.84. The van der Waals surface area contributed by atoms with Crippen molar-refractivity contribution in [2.75, 3.05) is 7.05 Å². The van der Waals surface area contributed by atoms with Crippen LogP contribution < -0.4 is 5.32 Å². The molecule has 0 aliphatic heterocycles. The second-order valence-electron chi connectivity index (χ2n) is 4.52. The zero-order valence-electron chi connectivity index (χ0n) is 10.8. The number of likely N-dealkylation sites (N-methyl/N-ethyl adjacent to an activating group) is 1. The third-order valence-corrected chi connectivity index (χ3v) is 3.65. The highest BCUT2D eigenvalue weighted by molar-refractivity contribution is 6.31. The summed E-state index contributed by atoms with van der Waals surface area (Å²) >= 11 is 5.97. The molecule has 1 aromatic carbocycles. The zero-order valence-corrected chi connectivity index (χ0v) is 11.6. The molecule has 0 saturated heterocycles. The Morgan fingerprint density at radius 3 is 2.84 bits per heavy atom. The van der Waals surface area contributed by atoms with Crippen LogP contribution in [0.4, 0.5) is 4.39 Å². The molecular weight excluding hydrogens is 265 g/mol. The molecule has 1 unspecified atom stereocenters. The molecule has 0 spiro atoms. The predicted molar refractivity (Wildman–Crippen MR) is 75.0 cm³/mol. The molecular formula is C15H17ClFNO. The molecule has 0 bridgehead atoms. The van der Waals surface area contributed by atoms with Gasteiger partial charge in [-0.3, -0.25) is 0 Å². The molecule has 1 atom stereocenters. The van der Waals surface area contributed by atoms with Gasteiger partial charge < -0.3 is 9.73 Å². The summed E-state index contributed by atoms with van der Waals surface area (Å²) in [5, 5.41) is 3.46. The molecule has 0 amide bonds. The fourth-order valence-corrected chi connectivity index (χ4v) is 2.29. The standard InChI is InChI=1S/C15H17ClFNO/c1-18-12(7-8-13-5-3-9-19-13)10-11-4-2-6-14(17)15(11)16/h2-6,9,12,18H,7-8,10H2,1H3. The third kappa shape index (κ3) is 3.82. The van der Waals surface area contributed by atoms with E-state index in [1.165, 1.54) is 6.07 Å². The number of halogens is 2. The molecule has 0 saturated carbocycles. The Labute approximate surface area is 117 Å². The number of aryl methyl sites for hydroxylation is 1. The molecule has 2 rings (SSSR count). The second kappa shape index (κ2) is 6.73. The number of benzene rings is 1. The number of rotatable bonds is 6. The second-order valence-corrected chi connectivity index (χ2v) is 4.90. The molecule has 102 valence electrons. The van der Waals surface area contributed by atoms with E-state index in [-0.39, 0.29) is 16.9 Å². The Bertz CT molecular complexity index is 513. The molecule has 2 nitrogen and oxygen atoms in total. The van der Waals surface area contributed by atoms with Crippen LogP contribution in [0.3, 0.4) is 0 Å². The van der Waals surface area contributed by atoms with Crippen molar-refractivity contribution in [2.45, 2.75) is 25.3 Å². The van der Waals surface area contributed by atoms with Gasteiger partial charge in [-0.1, -0.05) is 23.7 Å². The van der Waals surface area contributed by atoms with Crippen molar-refractivity contribution in [2.24, 2.45) is 0 Å². The highest BCUT2D eigenvalue weighted by atomic mass is 35.5. The quantitative estimate of drug-likeness (QED) is 0.870. The molecule has 1 N–H and O–H groups in total. The summed E-state index contributed by atoms with van der Waals surface area (Å²) in [5.41, 5.74) is 0.834. The van der Waals surface area contributed by atoms with Crippen molar-refractivity contribution in [1.82, 2.24) is 5.32 Å². The van der Waals surface area contributed by atoms with Crippen molar-refractivity contribution in [1.29, 1.82) is 0 Å². The van der Waals surface area contributed by atoms with E-state index in [1.54, 1.807) is 12.3 Å². The maximum atomic E-state index is 13.4. The number of hydrogen-bond acceptors (Lipinski definition) is 2. The molecule has 19 heavy (non-hydrogen) atoms. The van der Waals surface area contributed by atoms with Gasteiger partial charge in [-0.25, -0.2) is 4.39 Å². The van der Waals surface area contributed by atoms with Crippen LogP contribution in [0.5, 0.6) is 0 Å². The van der Waals surface area contributed by atoms with Gasteiger partial charge in [0.15, 0.2) is 0 Å². The van der Waals surface area contributed by atoms with Gasteiger partial charge in [0.2, 0.25) is 0 Å². The normalized spacial score (nSPS) is 12.6. The van der Waals surface area contributed by atoms with Crippen LogP contribution in [0, 0.1) is 5.82 Å². The Balaban J connectivity index is 1.96. The smallest absolute Gasteiger partial charge is 0.142 e. The van der Waals surface area contributed by atoms with Gasteiger partial charge in [0.1, 0.15) is 11.6 Å². The van der Waals surface area contributed by atoms with Gasteiger partial charge >= 0.3 is 0 Å². The summed E-state index contributed by atoms with van der Waals surface area (Å²) in [6.07, 6.45) is 4.14. The number of furan rings is 1. The highest BCUT2D eigenvalue weighted by Crippen LogP contribution is 2.21. The first-order chi connectivity index (χ1) is 9.20. The highest BCUT2D eigenvalue weighted by Gasteiger charge is 2.12. The average molecular weight is 282 g/mol. The van der Waals surface area contributed by atoms with Crippen LogP contribution in [0.1, 0.15) is 17.7 Å². The lowest BCUT2D eigenvalue weighted by molar-refractivity contribution is 0.460. The van der Waals surface area contributed by atoms with Gasteiger partial charge in [-0.2, -0.15) is 0 Å². The van der Waals surface area contributed by atoms with Crippen molar-refractivity contribution in [3.8, 4) is 0 Å². The van der Waals surface area contributed by atoms with E-state index in [4.69, 9.17) is 16.0 Å². The van der Waals surface area contributed by atoms with Gasteiger partial charge in [-0.05, 0) is 43.7 Å². The average Bonchev–Trinajstić information content (AvgIpc) is 2.92. The summed E-state index contributed by atoms with van der Waals surface area (Å²) in [7, 11) is 1.90. The summed E-state index contributed by atoms with van der Waals surface area (Å²) in [5.74, 6) is 0.602. The van der Waals surface area contributed by atoms with Crippen LogP contribution >= 0.6 is 11.6 Å². The fraction of sp³-hybridized carbons (Fsp3) is 0.333. The van der Waals surface area contributed by atoms with Gasteiger partial charge in [-0.15, -0.1) is 0 Å². The monoisotopic (exact) mass is 281 g/mol. The summed E-state index contributed by atoms with van der Waals surface area (Å²) < 4.78 is 18.7. The molecule has 4 heteroatoms. The minimum absolute atomic E-state index is 0.223. The molecule has 0 radical (unpaired) electrons. The van der Waals surface area contributed by atoms with Crippen molar-refractivity contribution in [3.63, 3.8) is 0 Å². The maximum Gasteiger partial charge on any atom is 0.142 e. The van der Waals surface area contributed by atoms with E-state index in [2.05, 4.69) is 5.32 Å². The van der Waals surface area contributed by atoms with E-state index < -0.39 is 0 Å². The topological polar surface area (TPSA) is 25.2 Å². The van der Waals surface area contributed by atoms with Crippen molar-refractivity contribution < 1.29 is 8.81 Å². The SMILES string of the molecule is CNC(CCc1ccco1)Cc1cccc(F)c1Cl. The van der Waals surface area contributed by atoms with Crippen LogP contribution in [0.25, 0.3) is 0 Å². The Morgan fingerprint density at radius 2 is 2.16 bits per heavy atom. The molecule has 0 fully saturated rings. The Morgan fingerprint density at radius 1 is 1.32 bits per heavy atom. The van der Waals surface area contributed by atoms with Crippen LogP contribution in [0.15, 0.2) is 41.0 Å². The van der Waals surface area contributed by atoms with Gasteiger partial charge in [0.25, 0.3) is 0 Å². The van der Waals surface area contributed by atoms with E-state index in [9.17, 15) is 4.39 Å². The lowest BCUT2D eigenvalue weighted by Gasteiger charge is -2.16. The molecule has 0 aliphatic carbocycles. The maximum absolute atomic E-state index is 13.4. The zero-order chi connectivity index (χ0) is 13.7. The van der Waals surface area contributed by atoms with Crippen LogP contribution in [0.2, 0.25) is 5.02 Å². The van der Waals surface area contributed by atoms with Crippen molar-refractivity contribution >= 4 is 11.6 Å². The van der Waals surface area contributed by atoms with E-state index in [1.807, 2.05) is 25.2 Å². The van der Waals surface area contributed by atoms with E-state index in [0.29, 0.717) is 6.42 Å². The molecule has 2 aromatic rings. The number of nitrogens with one attached hydrogen (secondary N) is 1. The first-order valence-electron chi connectivity index (χ1n) is 6.33. The minimum Gasteiger partial charge on any atom is -0.469 e. The first kappa shape index (κ1) is 14.1. The summed E-state index contributed by atoms with van der Waals surface area (Å²) in [4.78, 5) is 0. The Hall–Kier alpha value is -1.32. The molecule has 1 heterocycles. The molecule has 0 aliphatic rings. The van der Waals surface area contributed by atoms with Crippen LogP contribution in [-0.2, 0) is 12.8 Å². The minimum atomic E-state index is -0.361. The third-order valence-electron chi connectivity index (χ3n) is 3.23. The van der Waals surface area contributed by atoms with Crippen molar-refractivity contribution in [3.05, 3.63) is 58.8 Å². The van der Waals surface area contributed by atoms with E-state index >= 15 is 0 Å². The van der Waals surface area contributed by atoms with Gasteiger partial charge in [0, 0.05) is 12.5 Å². The summed E-state index contributed by atoms with van der Waals surface area (Å²) in [6, 6.07) is 9.01. The van der Waals surface area contributed by atoms with Crippen LogP contribution in [-0.4, -0.2) is 13.1 Å². The van der Waals surface area contributed by atoms with E-state index in [0.717, 1.165) is 24.2 Å². The van der Waals surface area contributed by atoms with Gasteiger partial charge in [0.05, 0.1) is 11.3 Å². The number of hydrogen-bond donors (Lipinski definition) is 1. The fourth-order valence-electron chi connectivity index (χ4n) is 2.09. The Kier molecular flexibility index (Phi) is 5.00. The largest absolute Gasteiger partial charge is 0.469 e. The molecule has 1 aromatic heterocycles.